The summed E-state index contributed by atoms with van der Waals surface area (Å²) in [5.74, 6) is 0. The van der Waals surface area contributed by atoms with E-state index >= 15 is 0 Å². The molecule has 1 aliphatic rings. The summed E-state index contributed by atoms with van der Waals surface area (Å²) >= 11 is 0. The average Bonchev–Trinajstić information content (AvgIpc) is 2.82. The molecule has 1 N–H and O–H groups in total. The molecule has 100 valence electrons. The number of aryl methyl sites for hydroxylation is 1. The van der Waals surface area contributed by atoms with E-state index in [1.54, 1.807) is 0 Å². The fraction of sp³-hybridized carbons (Fsp3) is 0.235. The van der Waals surface area contributed by atoms with E-state index in [4.69, 9.17) is 0 Å². The minimum absolute atomic E-state index is 0.192. The molecule has 3 aromatic rings. The van der Waals surface area contributed by atoms with Crippen molar-refractivity contribution in [1.82, 2.24) is 14.9 Å². The van der Waals surface area contributed by atoms with Gasteiger partial charge in [0.25, 0.3) is 0 Å². The van der Waals surface area contributed by atoms with Crippen LogP contribution in [0.3, 0.4) is 0 Å². The molecule has 3 nitrogen and oxygen atoms in total. The van der Waals surface area contributed by atoms with Crippen LogP contribution in [-0.4, -0.2) is 16.1 Å². The van der Waals surface area contributed by atoms with Gasteiger partial charge in [0.15, 0.2) is 0 Å². The van der Waals surface area contributed by atoms with Crippen molar-refractivity contribution >= 4 is 10.9 Å². The maximum absolute atomic E-state index is 4.54. The molecule has 1 aromatic carbocycles. The highest BCUT2D eigenvalue weighted by atomic mass is 15.1. The Morgan fingerprint density at radius 2 is 2.00 bits per heavy atom. The van der Waals surface area contributed by atoms with Crippen molar-refractivity contribution in [3.63, 3.8) is 0 Å². The Balaban J connectivity index is 1.97. The SMILES string of the molecule is Cc1c2n(c3ccccc13)CCNC2c1ccccn1. The second-order valence-electron chi connectivity index (χ2n) is 5.32. The number of nitrogens with zero attached hydrogens (tertiary/aromatic N) is 2. The van der Waals surface area contributed by atoms with Gasteiger partial charge in [0, 0.05) is 35.9 Å². The summed E-state index contributed by atoms with van der Waals surface area (Å²) in [5.41, 5.74) is 5.15. The molecule has 1 unspecified atom stereocenters. The van der Waals surface area contributed by atoms with Gasteiger partial charge in [-0.15, -0.1) is 0 Å². The van der Waals surface area contributed by atoms with Crippen LogP contribution in [0.15, 0.2) is 48.7 Å². The van der Waals surface area contributed by atoms with Crippen molar-refractivity contribution in [2.45, 2.75) is 19.5 Å². The summed E-state index contributed by atoms with van der Waals surface area (Å²) in [7, 11) is 0. The molecule has 0 spiro atoms. The highest BCUT2D eigenvalue weighted by molar-refractivity contribution is 5.85. The van der Waals surface area contributed by atoms with Crippen molar-refractivity contribution in [3.05, 3.63) is 65.6 Å². The number of para-hydroxylation sites is 1. The van der Waals surface area contributed by atoms with Crippen molar-refractivity contribution in [3.8, 4) is 0 Å². The Hall–Kier alpha value is -2.13. The first-order valence-electron chi connectivity index (χ1n) is 7.08. The van der Waals surface area contributed by atoms with Crippen LogP contribution < -0.4 is 5.32 Å². The molecular weight excluding hydrogens is 246 g/mol. The van der Waals surface area contributed by atoms with Gasteiger partial charge in [0.05, 0.1) is 11.7 Å². The molecule has 1 aliphatic heterocycles. The van der Waals surface area contributed by atoms with Crippen molar-refractivity contribution in [2.24, 2.45) is 0 Å². The maximum atomic E-state index is 4.54. The van der Waals surface area contributed by atoms with Gasteiger partial charge in [-0.3, -0.25) is 4.98 Å². The Morgan fingerprint density at radius 3 is 2.85 bits per heavy atom. The van der Waals surface area contributed by atoms with E-state index in [9.17, 15) is 0 Å². The van der Waals surface area contributed by atoms with Crippen molar-refractivity contribution in [1.29, 1.82) is 0 Å². The first-order valence-corrected chi connectivity index (χ1v) is 7.08. The number of benzene rings is 1. The molecule has 3 heteroatoms. The summed E-state index contributed by atoms with van der Waals surface area (Å²) in [6.07, 6.45) is 1.87. The standard InChI is InChI=1S/C17H17N3/c1-12-13-6-2-3-8-15(13)20-11-10-19-16(17(12)20)14-7-4-5-9-18-14/h2-9,16,19H,10-11H2,1H3. The monoisotopic (exact) mass is 263 g/mol. The highest BCUT2D eigenvalue weighted by Crippen LogP contribution is 2.34. The smallest absolute Gasteiger partial charge is 0.0908 e. The van der Waals surface area contributed by atoms with E-state index in [-0.39, 0.29) is 6.04 Å². The largest absolute Gasteiger partial charge is 0.341 e. The number of nitrogens with one attached hydrogen (secondary N) is 1. The lowest BCUT2D eigenvalue weighted by Crippen LogP contribution is -2.34. The Bertz CT molecular complexity index is 759. The quantitative estimate of drug-likeness (QED) is 0.731. The molecule has 4 rings (SSSR count). The van der Waals surface area contributed by atoms with Gasteiger partial charge < -0.3 is 9.88 Å². The van der Waals surface area contributed by atoms with Crippen LogP contribution in [0.5, 0.6) is 0 Å². The molecule has 0 radical (unpaired) electrons. The molecule has 0 saturated carbocycles. The first-order chi connectivity index (χ1) is 9.86. The lowest BCUT2D eigenvalue weighted by molar-refractivity contribution is 0.466. The van der Waals surface area contributed by atoms with Gasteiger partial charge in [-0.2, -0.15) is 0 Å². The zero-order chi connectivity index (χ0) is 13.5. The third kappa shape index (κ3) is 1.60. The van der Waals surface area contributed by atoms with Crippen LogP contribution in [0.4, 0.5) is 0 Å². The third-order valence-electron chi connectivity index (χ3n) is 4.21. The van der Waals surface area contributed by atoms with Crippen LogP contribution in [0.1, 0.15) is 23.0 Å². The van der Waals surface area contributed by atoms with Crippen molar-refractivity contribution in [2.75, 3.05) is 6.54 Å². The number of hydrogen-bond donors (Lipinski definition) is 1. The molecule has 0 fully saturated rings. The Morgan fingerprint density at radius 1 is 1.15 bits per heavy atom. The van der Waals surface area contributed by atoms with Crippen molar-refractivity contribution < 1.29 is 0 Å². The molecule has 0 amide bonds. The number of pyridine rings is 1. The second kappa shape index (κ2) is 4.46. The van der Waals surface area contributed by atoms with Crippen LogP contribution >= 0.6 is 0 Å². The van der Waals surface area contributed by atoms with E-state index in [0.717, 1.165) is 18.8 Å². The van der Waals surface area contributed by atoms with Crippen LogP contribution in [0.25, 0.3) is 10.9 Å². The minimum Gasteiger partial charge on any atom is -0.341 e. The Kier molecular flexibility index (Phi) is 2.60. The molecule has 20 heavy (non-hydrogen) atoms. The van der Waals surface area contributed by atoms with Crippen LogP contribution in [0, 0.1) is 6.92 Å². The first kappa shape index (κ1) is 11.7. The zero-order valence-electron chi connectivity index (χ0n) is 11.5. The second-order valence-corrected chi connectivity index (χ2v) is 5.32. The molecular formula is C17H17N3. The Labute approximate surface area is 118 Å². The lowest BCUT2D eigenvalue weighted by atomic mass is 10.0. The third-order valence-corrected chi connectivity index (χ3v) is 4.21. The van der Waals surface area contributed by atoms with E-state index in [2.05, 4.69) is 58.2 Å². The average molecular weight is 263 g/mol. The molecule has 1 atom stereocenters. The minimum atomic E-state index is 0.192. The molecule has 3 heterocycles. The normalized spacial score (nSPS) is 18.1. The maximum Gasteiger partial charge on any atom is 0.0908 e. The summed E-state index contributed by atoms with van der Waals surface area (Å²) in [4.78, 5) is 4.54. The van der Waals surface area contributed by atoms with Gasteiger partial charge >= 0.3 is 0 Å². The molecule has 0 bridgehead atoms. The number of rotatable bonds is 1. The van der Waals surface area contributed by atoms with Gasteiger partial charge in [-0.05, 0) is 30.7 Å². The van der Waals surface area contributed by atoms with E-state index < -0.39 is 0 Å². The van der Waals surface area contributed by atoms with Gasteiger partial charge in [0.2, 0.25) is 0 Å². The van der Waals surface area contributed by atoms with Crippen LogP contribution in [-0.2, 0) is 6.54 Å². The predicted octanol–water partition coefficient (Wildman–Crippen LogP) is 3.04. The number of hydrogen-bond acceptors (Lipinski definition) is 2. The van der Waals surface area contributed by atoms with Crippen LogP contribution in [0.2, 0.25) is 0 Å². The fourth-order valence-corrected chi connectivity index (χ4v) is 3.32. The van der Waals surface area contributed by atoms with E-state index in [1.807, 2.05) is 12.3 Å². The molecule has 0 saturated heterocycles. The molecule has 2 aromatic heterocycles. The summed E-state index contributed by atoms with van der Waals surface area (Å²) in [6, 6.07) is 15.0. The summed E-state index contributed by atoms with van der Waals surface area (Å²) < 4.78 is 2.44. The summed E-state index contributed by atoms with van der Waals surface area (Å²) in [5, 5.41) is 4.96. The number of aromatic nitrogens is 2. The fourth-order valence-electron chi connectivity index (χ4n) is 3.32. The zero-order valence-corrected chi connectivity index (χ0v) is 11.5. The summed E-state index contributed by atoms with van der Waals surface area (Å²) in [6.45, 7) is 4.22. The lowest BCUT2D eigenvalue weighted by Gasteiger charge is -2.27. The predicted molar refractivity (Wildman–Crippen MR) is 80.8 cm³/mol. The number of fused-ring (bicyclic) bond motifs is 3. The van der Waals surface area contributed by atoms with Gasteiger partial charge in [-0.1, -0.05) is 24.3 Å². The van der Waals surface area contributed by atoms with E-state index in [0.29, 0.717) is 0 Å². The molecule has 0 aliphatic carbocycles. The topological polar surface area (TPSA) is 29.9 Å². The van der Waals surface area contributed by atoms with E-state index in [1.165, 1.54) is 22.2 Å². The van der Waals surface area contributed by atoms with Gasteiger partial charge in [-0.25, -0.2) is 0 Å². The highest BCUT2D eigenvalue weighted by Gasteiger charge is 2.26. The van der Waals surface area contributed by atoms with Gasteiger partial charge in [0.1, 0.15) is 0 Å².